The molecule has 1 fully saturated rings. The van der Waals surface area contributed by atoms with Crippen molar-refractivity contribution < 1.29 is 9.53 Å². The molecular weight excluding hydrogens is 142 g/mol. The molecule has 1 rings (SSSR count). The summed E-state index contributed by atoms with van der Waals surface area (Å²) in [6, 6.07) is 0. The molecule has 0 aliphatic carbocycles. The van der Waals surface area contributed by atoms with E-state index in [9.17, 15) is 4.79 Å². The second-order valence-corrected chi connectivity index (χ2v) is 2.01. The van der Waals surface area contributed by atoms with Crippen molar-refractivity contribution >= 4 is 5.97 Å². The smallest absolute Gasteiger partial charge is 0.354 e. The van der Waals surface area contributed by atoms with E-state index in [4.69, 9.17) is 4.74 Å². The lowest BCUT2D eigenvalue weighted by Gasteiger charge is -2.15. The Labute approximate surface area is 65.0 Å². The van der Waals surface area contributed by atoms with Crippen molar-refractivity contribution in [2.24, 2.45) is 0 Å². The van der Waals surface area contributed by atoms with Crippen molar-refractivity contribution in [1.82, 2.24) is 5.32 Å². The van der Waals surface area contributed by atoms with E-state index in [0.717, 1.165) is 0 Å². The van der Waals surface area contributed by atoms with Gasteiger partial charge in [-0.05, 0) is 12.2 Å². The van der Waals surface area contributed by atoms with Gasteiger partial charge < -0.3 is 10.1 Å². The van der Waals surface area contributed by atoms with E-state index in [2.05, 4.69) is 17.6 Å². The zero-order valence-electron chi connectivity index (χ0n) is 6.09. The SMILES string of the molecule is C=C=C/C=C1\NCCOC1=O. The molecule has 0 saturated carbocycles. The Morgan fingerprint density at radius 2 is 2.55 bits per heavy atom. The summed E-state index contributed by atoms with van der Waals surface area (Å²) in [5.41, 5.74) is 3.00. The molecule has 58 valence electrons. The number of rotatable bonds is 1. The van der Waals surface area contributed by atoms with Gasteiger partial charge in [-0.15, -0.1) is 5.73 Å². The predicted octanol–water partition coefficient (Wildman–Crippen LogP) is 0.358. The highest BCUT2D eigenvalue weighted by molar-refractivity contribution is 5.88. The molecular formula is C8H9NO2. The Hall–Kier alpha value is -1.47. The lowest BCUT2D eigenvalue weighted by atomic mass is 10.3. The Morgan fingerprint density at radius 3 is 3.18 bits per heavy atom. The van der Waals surface area contributed by atoms with Gasteiger partial charge in [-0.1, -0.05) is 6.58 Å². The maximum atomic E-state index is 10.9. The van der Waals surface area contributed by atoms with E-state index in [1.54, 1.807) is 12.2 Å². The number of nitrogens with one attached hydrogen (secondary N) is 1. The molecule has 1 heterocycles. The van der Waals surface area contributed by atoms with Crippen LogP contribution in [0.4, 0.5) is 0 Å². The topological polar surface area (TPSA) is 38.3 Å². The standard InChI is InChI=1S/C8H9NO2/c1-2-3-4-7-8(10)11-6-5-9-7/h3-4,9H,1,5-6H2/b7-4-. The van der Waals surface area contributed by atoms with Crippen LogP contribution in [0.5, 0.6) is 0 Å². The molecule has 0 amide bonds. The van der Waals surface area contributed by atoms with Crippen molar-refractivity contribution in [3.8, 4) is 0 Å². The molecule has 3 heteroatoms. The normalized spacial score (nSPS) is 20.0. The van der Waals surface area contributed by atoms with Crippen LogP contribution in [-0.4, -0.2) is 19.1 Å². The first-order chi connectivity index (χ1) is 5.34. The Kier molecular flexibility index (Phi) is 2.53. The van der Waals surface area contributed by atoms with Gasteiger partial charge in [0.15, 0.2) is 0 Å². The highest BCUT2D eigenvalue weighted by Crippen LogP contribution is 1.98. The van der Waals surface area contributed by atoms with Crippen LogP contribution in [0.2, 0.25) is 0 Å². The molecule has 1 aliphatic rings. The summed E-state index contributed by atoms with van der Waals surface area (Å²) < 4.78 is 4.75. The minimum absolute atomic E-state index is 0.317. The summed E-state index contributed by atoms with van der Waals surface area (Å²) in [5.74, 6) is -0.317. The van der Waals surface area contributed by atoms with Gasteiger partial charge in [-0.2, -0.15) is 0 Å². The Bertz CT molecular complexity index is 236. The van der Waals surface area contributed by atoms with Crippen LogP contribution >= 0.6 is 0 Å². The van der Waals surface area contributed by atoms with Crippen LogP contribution in [0.15, 0.2) is 30.2 Å². The second kappa shape index (κ2) is 3.64. The fourth-order valence-electron chi connectivity index (χ4n) is 0.749. The number of morpholine rings is 1. The maximum absolute atomic E-state index is 10.9. The molecule has 0 aromatic heterocycles. The van der Waals surface area contributed by atoms with E-state index in [1.165, 1.54) is 0 Å². The van der Waals surface area contributed by atoms with Crippen LogP contribution in [0, 0.1) is 0 Å². The molecule has 0 atom stereocenters. The Balaban J connectivity index is 2.68. The van der Waals surface area contributed by atoms with E-state index in [0.29, 0.717) is 18.8 Å². The van der Waals surface area contributed by atoms with Gasteiger partial charge in [0.25, 0.3) is 0 Å². The molecule has 0 bridgehead atoms. The molecule has 0 aromatic rings. The quantitative estimate of drug-likeness (QED) is 0.334. The van der Waals surface area contributed by atoms with Crippen molar-refractivity contribution in [2.75, 3.05) is 13.2 Å². The van der Waals surface area contributed by atoms with Crippen LogP contribution in [0.3, 0.4) is 0 Å². The zero-order valence-corrected chi connectivity index (χ0v) is 6.09. The third kappa shape index (κ3) is 1.99. The summed E-state index contributed by atoms with van der Waals surface area (Å²) in [5, 5.41) is 2.89. The first kappa shape index (κ1) is 7.63. The first-order valence-corrected chi connectivity index (χ1v) is 3.31. The molecule has 0 radical (unpaired) electrons. The largest absolute Gasteiger partial charge is 0.459 e. The molecule has 0 unspecified atom stereocenters. The maximum Gasteiger partial charge on any atom is 0.354 e. The van der Waals surface area contributed by atoms with Crippen molar-refractivity contribution in [3.05, 3.63) is 30.2 Å². The molecule has 1 saturated heterocycles. The number of hydrogen-bond acceptors (Lipinski definition) is 3. The highest BCUT2D eigenvalue weighted by atomic mass is 16.5. The van der Waals surface area contributed by atoms with Crippen LogP contribution in [0.1, 0.15) is 0 Å². The van der Waals surface area contributed by atoms with Crippen molar-refractivity contribution in [3.63, 3.8) is 0 Å². The average Bonchev–Trinajstić information content (AvgIpc) is 2.03. The zero-order chi connectivity index (χ0) is 8.10. The third-order valence-corrected chi connectivity index (χ3v) is 1.24. The second-order valence-electron chi connectivity index (χ2n) is 2.01. The average molecular weight is 151 g/mol. The van der Waals surface area contributed by atoms with Gasteiger partial charge in [-0.25, -0.2) is 4.79 Å². The number of allylic oxidation sites excluding steroid dienone is 2. The molecule has 1 aliphatic heterocycles. The minimum atomic E-state index is -0.317. The number of esters is 1. The summed E-state index contributed by atoms with van der Waals surface area (Å²) in [7, 11) is 0. The Morgan fingerprint density at radius 1 is 1.73 bits per heavy atom. The monoisotopic (exact) mass is 151 g/mol. The van der Waals surface area contributed by atoms with Gasteiger partial charge >= 0.3 is 5.97 Å². The van der Waals surface area contributed by atoms with Gasteiger partial charge in [0.2, 0.25) is 0 Å². The van der Waals surface area contributed by atoms with Crippen molar-refractivity contribution in [1.29, 1.82) is 0 Å². The van der Waals surface area contributed by atoms with Crippen molar-refractivity contribution in [2.45, 2.75) is 0 Å². The highest BCUT2D eigenvalue weighted by Gasteiger charge is 2.13. The number of carbonyl (C=O) groups excluding carboxylic acids is 1. The van der Waals surface area contributed by atoms with Gasteiger partial charge in [0.1, 0.15) is 12.3 Å². The third-order valence-electron chi connectivity index (χ3n) is 1.24. The molecule has 0 spiro atoms. The summed E-state index contributed by atoms with van der Waals surface area (Å²) in [6.07, 6.45) is 3.16. The number of cyclic esters (lactones) is 1. The lowest BCUT2D eigenvalue weighted by molar-refractivity contribution is -0.141. The van der Waals surface area contributed by atoms with Crippen LogP contribution < -0.4 is 5.32 Å². The first-order valence-electron chi connectivity index (χ1n) is 3.31. The fraction of sp³-hybridized carbons (Fsp3) is 0.250. The van der Waals surface area contributed by atoms with Gasteiger partial charge in [-0.3, -0.25) is 0 Å². The van der Waals surface area contributed by atoms with E-state index in [-0.39, 0.29) is 5.97 Å². The minimum Gasteiger partial charge on any atom is -0.459 e. The van der Waals surface area contributed by atoms with Crippen LogP contribution in [-0.2, 0) is 9.53 Å². The van der Waals surface area contributed by atoms with Gasteiger partial charge in [0.05, 0.1) is 0 Å². The van der Waals surface area contributed by atoms with E-state index in [1.807, 2.05) is 0 Å². The van der Waals surface area contributed by atoms with Crippen LogP contribution in [0.25, 0.3) is 0 Å². The molecule has 1 N–H and O–H groups in total. The molecule has 11 heavy (non-hydrogen) atoms. The number of hydrogen-bond donors (Lipinski definition) is 1. The summed E-state index contributed by atoms with van der Waals surface area (Å²) >= 11 is 0. The fourth-order valence-corrected chi connectivity index (χ4v) is 0.749. The number of carbonyl (C=O) groups is 1. The summed E-state index contributed by atoms with van der Waals surface area (Å²) in [4.78, 5) is 10.9. The lowest BCUT2D eigenvalue weighted by Crippen LogP contribution is -2.32. The molecule has 0 aromatic carbocycles. The number of ether oxygens (including phenoxy) is 1. The van der Waals surface area contributed by atoms with E-state index >= 15 is 0 Å². The molecule has 3 nitrogen and oxygen atoms in total. The van der Waals surface area contributed by atoms with Gasteiger partial charge in [0, 0.05) is 6.54 Å². The van der Waals surface area contributed by atoms with E-state index < -0.39 is 0 Å². The predicted molar refractivity (Wildman–Crippen MR) is 40.8 cm³/mol. The summed E-state index contributed by atoms with van der Waals surface area (Å²) in [6.45, 7) is 4.47.